The first-order valence-electron chi connectivity index (χ1n) is 2.36. The summed E-state index contributed by atoms with van der Waals surface area (Å²) in [7, 11) is 0. The van der Waals surface area contributed by atoms with Crippen molar-refractivity contribution in [2.45, 2.75) is 0 Å². The minimum atomic E-state index is 0. The zero-order valence-corrected chi connectivity index (χ0v) is 11.0. The zero-order chi connectivity index (χ0) is 7.11. The number of hydrogen-bond acceptors (Lipinski definition) is 2. The second kappa shape index (κ2) is 8.45. The molecule has 0 aliphatic rings. The molecule has 1 rings (SSSR count). The molecule has 0 aliphatic carbocycles. The molecule has 0 bridgehead atoms. The van der Waals surface area contributed by atoms with Crippen LogP contribution in [0.1, 0.15) is 0 Å². The van der Waals surface area contributed by atoms with Crippen LogP contribution < -0.4 is 0 Å². The fourth-order valence-electron chi connectivity index (χ4n) is 0.428. The van der Waals surface area contributed by atoms with E-state index in [9.17, 15) is 0 Å². The smallest absolute Gasteiger partial charge is 0.512 e. The second-order valence-corrected chi connectivity index (χ2v) is 1.34. The average Bonchev–Trinajstić information content (AvgIpc) is 1.94. The molecule has 0 aliphatic heterocycles. The van der Waals surface area contributed by atoms with Gasteiger partial charge in [-0.25, -0.2) is 0 Å². The Morgan fingerprint density at radius 1 is 1.10 bits per heavy atom. The fraction of sp³-hybridized carbons (Fsp3) is 0. The van der Waals surface area contributed by atoms with Crippen LogP contribution in [0.15, 0.2) is 30.3 Å². The van der Waals surface area contributed by atoms with E-state index in [1.165, 1.54) is 0 Å². The molecule has 0 fully saturated rings. The van der Waals surface area contributed by atoms with Gasteiger partial charge in [-0.1, -0.05) is 18.2 Å². The molecule has 2 nitrogen and oxygen atoms in total. The Kier molecular flexibility index (Phi) is 10.3. The van der Waals surface area contributed by atoms with Crippen LogP contribution in [0.3, 0.4) is 0 Å². The maximum Gasteiger partial charge on any atom is 1.00 e. The van der Waals surface area contributed by atoms with Crippen LogP contribution in [-0.2, 0) is 27.7 Å². The molecule has 0 spiro atoms. The summed E-state index contributed by atoms with van der Waals surface area (Å²) in [6.07, 6.45) is 0. The molecule has 10 heavy (non-hydrogen) atoms. The van der Waals surface area contributed by atoms with Crippen LogP contribution in [0.2, 0.25) is 0 Å². The van der Waals surface area contributed by atoms with Crippen molar-refractivity contribution in [2.75, 3.05) is 0 Å². The van der Waals surface area contributed by atoms with E-state index in [1.807, 2.05) is 6.07 Å². The van der Waals surface area contributed by atoms with Gasteiger partial charge in [-0.3, -0.25) is 0 Å². The van der Waals surface area contributed by atoms with Gasteiger partial charge in [0.15, 0.2) is 0 Å². The number of rotatable bonds is 0. The molecular formula is C7H6HgNO. The van der Waals surface area contributed by atoms with E-state index < -0.39 is 0 Å². The third-order valence-corrected chi connectivity index (χ3v) is 0.756. The normalized spacial score (nSPS) is 6.20. The van der Waals surface area contributed by atoms with Gasteiger partial charge in [-0.15, -0.1) is 0 Å². The zero-order valence-electron chi connectivity index (χ0n) is 5.49. The number of phenolic OH excluding ortho intramolecular Hbond substituents is 1. The van der Waals surface area contributed by atoms with Crippen LogP contribution in [-0.4, -0.2) is 5.11 Å². The van der Waals surface area contributed by atoms with Gasteiger partial charge >= 0.3 is 27.7 Å². The maximum absolute atomic E-state index is 8.63. The molecule has 1 N–H and O–H groups in total. The van der Waals surface area contributed by atoms with Crippen LogP contribution in [0.4, 0.5) is 0 Å². The molecule has 0 aromatic heterocycles. The molecule has 0 saturated carbocycles. The van der Waals surface area contributed by atoms with Crippen molar-refractivity contribution in [2.24, 2.45) is 0 Å². The van der Waals surface area contributed by atoms with Crippen molar-refractivity contribution >= 4 is 0 Å². The number of hydrogen-bond donors (Lipinski definition) is 1. The van der Waals surface area contributed by atoms with Crippen molar-refractivity contribution in [3.05, 3.63) is 36.9 Å². The first-order valence-corrected chi connectivity index (χ1v) is 2.36. The van der Waals surface area contributed by atoms with Crippen molar-refractivity contribution in [3.63, 3.8) is 0 Å². The van der Waals surface area contributed by atoms with Crippen LogP contribution in [0.25, 0.3) is 0 Å². The Morgan fingerprint density at radius 3 is 1.70 bits per heavy atom. The van der Waals surface area contributed by atoms with Gasteiger partial charge in [0.1, 0.15) is 5.75 Å². The summed E-state index contributed by atoms with van der Waals surface area (Å²) < 4.78 is 0. The quantitative estimate of drug-likeness (QED) is 0.581. The number of para-hydroxylation sites is 1. The summed E-state index contributed by atoms with van der Waals surface area (Å²) in [6, 6.07) is 8.71. The molecule has 1 radical (unpaired) electrons. The van der Waals surface area contributed by atoms with E-state index in [2.05, 4.69) is 0 Å². The monoisotopic (exact) mass is 322 g/mol. The average molecular weight is 321 g/mol. The summed E-state index contributed by atoms with van der Waals surface area (Å²) >= 11 is 0. The molecule has 47 valence electrons. The van der Waals surface area contributed by atoms with Gasteiger partial charge in [-0.05, 0) is 12.1 Å². The molecular weight excluding hydrogens is 315 g/mol. The molecule has 0 heterocycles. The van der Waals surface area contributed by atoms with Gasteiger partial charge in [0.2, 0.25) is 0 Å². The van der Waals surface area contributed by atoms with Crippen molar-refractivity contribution in [1.82, 2.24) is 0 Å². The second-order valence-electron chi connectivity index (χ2n) is 1.34. The third kappa shape index (κ3) is 5.58. The Morgan fingerprint density at radius 2 is 1.50 bits per heavy atom. The van der Waals surface area contributed by atoms with Crippen molar-refractivity contribution < 1.29 is 32.8 Å². The third-order valence-electron chi connectivity index (χ3n) is 0.756. The van der Waals surface area contributed by atoms with Gasteiger partial charge in [0.05, 0.1) is 0 Å². The van der Waals surface area contributed by atoms with Crippen LogP contribution in [0, 0.1) is 11.8 Å². The van der Waals surface area contributed by atoms with Crippen molar-refractivity contribution in [3.8, 4) is 5.75 Å². The SMILES string of the molecule is Oc1ccccc1.[C-]#N.[Hg+]. The van der Waals surface area contributed by atoms with E-state index in [4.69, 9.17) is 16.9 Å². The van der Waals surface area contributed by atoms with E-state index >= 15 is 0 Å². The number of aromatic hydroxyl groups is 1. The molecule has 1 aromatic rings. The Hall–Kier alpha value is -0.555. The van der Waals surface area contributed by atoms with Crippen molar-refractivity contribution in [1.29, 1.82) is 5.26 Å². The minimum Gasteiger partial charge on any atom is -0.512 e. The maximum atomic E-state index is 8.63. The standard InChI is InChI=1S/C6H6O.CN.Hg/c7-6-4-2-1-3-5-6;1-2;/h1-5,7H;;/q;-1;+1. The Balaban J connectivity index is 0. The minimum absolute atomic E-state index is 0. The number of nitrogens with zero attached hydrogens (tertiary/aromatic N) is 1. The molecule has 3 heteroatoms. The molecule has 0 unspecified atom stereocenters. The predicted octanol–water partition coefficient (Wildman–Crippen LogP) is 1.49. The predicted molar refractivity (Wildman–Crippen MR) is 33.1 cm³/mol. The van der Waals surface area contributed by atoms with E-state index in [-0.39, 0.29) is 27.7 Å². The summed E-state index contributed by atoms with van der Waals surface area (Å²) in [5, 5.41) is 14.9. The molecule has 0 amide bonds. The van der Waals surface area contributed by atoms with Gasteiger partial charge in [0, 0.05) is 0 Å². The largest absolute Gasteiger partial charge is 1.00 e. The topological polar surface area (TPSA) is 44.0 Å². The van der Waals surface area contributed by atoms with Crippen LogP contribution >= 0.6 is 0 Å². The molecule has 0 saturated heterocycles. The fourth-order valence-corrected chi connectivity index (χ4v) is 0.428. The van der Waals surface area contributed by atoms with E-state index in [0.717, 1.165) is 0 Å². The number of phenols is 1. The Bertz CT molecular complexity index is 173. The first kappa shape index (κ1) is 12.2. The first-order chi connectivity index (χ1) is 4.39. The molecule has 0 atom stereocenters. The molecule has 1 aromatic carbocycles. The van der Waals surface area contributed by atoms with Gasteiger partial charge in [-0.2, -0.15) is 0 Å². The number of benzene rings is 1. The van der Waals surface area contributed by atoms with E-state index in [1.54, 1.807) is 24.3 Å². The van der Waals surface area contributed by atoms with Crippen LogP contribution in [0.5, 0.6) is 5.75 Å². The van der Waals surface area contributed by atoms with Gasteiger partial charge in [0.25, 0.3) is 0 Å². The summed E-state index contributed by atoms with van der Waals surface area (Å²) in [4.78, 5) is 0. The summed E-state index contributed by atoms with van der Waals surface area (Å²) in [5.41, 5.74) is 0. The summed E-state index contributed by atoms with van der Waals surface area (Å²) in [6.45, 7) is 4.75. The van der Waals surface area contributed by atoms with Gasteiger partial charge < -0.3 is 16.9 Å². The summed E-state index contributed by atoms with van der Waals surface area (Å²) in [5.74, 6) is 0.322. The van der Waals surface area contributed by atoms with E-state index in [0.29, 0.717) is 5.75 Å². The Labute approximate surface area is 80.6 Å².